The molecule has 0 saturated heterocycles. The van der Waals surface area contributed by atoms with Gasteiger partial charge >= 0.3 is 0 Å². The molecule has 2 aromatic carbocycles. The second kappa shape index (κ2) is 7.60. The van der Waals surface area contributed by atoms with Crippen LogP contribution in [0, 0.1) is 0 Å². The number of hydrogen-bond donors (Lipinski definition) is 1. The first-order valence-electron chi connectivity index (χ1n) is 6.37. The second-order valence-corrected chi connectivity index (χ2v) is 5.28. The Labute approximate surface area is 123 Å². The third-order valence-corrected chi connectivity index (χ3v) is 3.68. The number of nitrogens with zero attached hydrogens (tertiary/aromatic N) is 1. The molecule has 3 nitrogen and oxygen atoms in total. The summed E-state index contributed by atoms with van der Waals surface area (Å²) in [5.41, 5.74) is 8.26. The highest BCUT2D eigenvalue weighted by Crippen LogP contribution is 2.18. The molecule has 0 aliphatic rings. The fraction of sp³-hybridized carbons (Fsp3) is 0.188. The van der Waals surface area contributed by atoms with E-state index in [1.807, 2.05) is 48.5 Å². The van der Waals surface area contributed by atoms with E-state index in [-0.39, 0.29) is 0 Å². The van der Waals surface area contributed by atoms with E-state index < -0.39 is 0 Å². The van der Waals surface area contributed by atoms with Crippen molar-refractivity contribution in [3.63, 3.8) is 0 Å². The number of benzene rings is 2. The third kappa shape index (κ3) is 4.63. The molecule has 2 aromatic rings. The van der Waals surface area contributed by atoms with Gasteiger partial charge in [-0.15, -0.1) is 0 Å². The topological polar surface area (TPSA) is 47.6 Å². The smallest absolute Gasteiger partial charge is 0.154 e. The molecule has 4 heteroatoms. The number of amidine groups is 1. The fourth-order valence-electron chi connectivity index (χ4n) is 1.72. The van der Waals surface area contributed by atoms with Gasteiger partial charge in [-0.25, -0.2) is 0 Å². The molecule has 0 spiro atoms. The molecule has 0 heterocycles. The van der Waals surface area contributed by atoms with Gasteiger partial charge in [-0.1, -0.05) is 54.2 Å². The number of hydrogen-bond acceptors (Lipinski definition) is 3. The highest BCUT2D eigenvalue weighted by atomic mass is 32.2. The molecule has 0 aliphatic heterocycles. The zero-order valence-electron chi connectivity index (χ0n) is 11.5. The van der Waals surface area contributed by atoms with E-state index in [2.05, 4.69) is 11.1 Å². The van der Waals surface area contributed by atoms with Crippen molar-refractivity contribution in [1.82, 2.24) is 0 Å². The van der Waals surface area contributed by atoms with Gasteiger partial charge in [-0.3, -0.25) is 4.99 Å². The van der Waals surface area contributed by atoms with Crippen LogP contribution in [0.4, 0.5) is 0 Å². The molecule has 0 aromatic heterocycles. The maximum atomic E-state index is 5.92. The molecular weight excluding hydrogens is 268 g/mol. The molecule has 0 aliphatic carbocycles. The summed E-state index contributed by atoms with van der Waals surface area (Å²) < 4.78 is 5.20. The Hall–Kier alpha value is -1.94. The van der Waals surface area contributed by atoms with Crippen LogP contribution < -0.4 is 10.5 Å². The summed E-state index contributed by atoms with van der Waals surface area (Å²) in [6.45, 7) is 0.623. The van der Waals surface area contributed by atoms with Crippen molar-refractivity contribution in [2.75, 3.05) is 7.11 Å². The van der Waals surface area contributed by atoms with Gasteiger partial charge in [0.25, 0.3) is 0 Å². The zero-order chi connectivity index (χ0) is 14.2. The molecule has 0 bridgehead atoms. The number of ether oxygens (including phenoxy) is 1. The average Bonchev–Trinajstić information content (AvgIpc) is 2.52. The third-order valence-electron chi connectivity index (χ3n) is 2.78. The minimum atomic E-state index is 0.608. The summed E-state index contributed by atoms with van der Waals surface area (Å²) in [6.07, 6.45) is 0. The van der Waals surface area contributed by atoms with E-state index in [1.54, 1.807) is 18.9 Å². The highest BCUT2D eigenvalue weighted by Gasteiger charge is 1.99. The van der Waals surface area contributed by atoms with Crippen molar-refractivity contribution in [2.45, 2.75) is 12.3 Å². The van der Waals surface area contributed by atoms with Crippen LogP contribution in [0.3, 0.4) is 0 Å². The van der Waals surface area contributed by atoms with E-state index >= 15 is 0 Å². The number of thioether (sulfide) groups is 1. The minimum Gasteiger partial charge on any atom is -0.497 e. The van der Waals surface area contributed by atoms with E-state index in [1.165, 1.54) is 5.56 Å². The number of rotatable bonds is 5. The van der Waals surface area contributed by atoms with Crippen LogP contribution in [-0.4, -0.2) is 12.3 Å². The van der Waals surface area contributed by atoms with E-state index in [4.69, 9.17) is 10.5 Å². The molecule has 2 N–H and O–H groups in total. The maximum Gasteiger partial charge on any atom is 0.154 e. The summed E-state index contributed by atoms with van der Waals surface area (Å²) in [6, 6.07) is 18.1. The molecule has 2 rings (SSSR count). The first kappa shape index (κ1) is 14.5. The SMILES string of the molecule is COc1cccc(CSC(N)=NCc2ccccc2)c1. The van der Waals surface area contributed by atoms with Crippen LogP contribution in [0.15, 0.2) is 59.6 Å². The Bertz CT molecular complexity index is 570. The van der Waals surface area contributed by atoms with Crippen LogP contribution >= 0.6 is 11.8 Å². The molecule has 104 valence electrons. The van der Waals surface area contributed by atoms with Crippen LogP contribution in [0.25, 0.3) is 0 Å². The molecule has 0 radical (unpaired) electrons. The lowest BCUT2D eigenvalue weighted by Crippen LogP contribution is -2.07. The van der Waals surface area contributed by atoms with Gasteiger partial charge < -0.3 is 10.5 Å². The molecule has 20 heavy (non-hydrogen) atoms. The van der Waals surface area contributed by atoms with Crippen LogP contribution in [0.5, 0.6) is 5.75 Å². The van der Waals surface area contributed by atoms with Crippen molar-refractivity contribution in [2.24, 2.45) is 10.7 Å². The first-order valence-corrected chi connectivity index (χ1v) is 7.36. The van der Waals surface area contributed by atoms with Crippen molar-refractivity contribution in [3.8, 4) is 5.75 Å². The van der Waals surface area contributed by atoms with Gasteiger partial charge in [0.1, 0.15) is 5.75 Å². The van der Waals surface area contributed by atoms with Gasteiger partial charge in [-0.05, 0) is 23.3 Å². The Morgan fingerprint density at radius 2 is 1.85 bits per heavy atom. The van der Waals surface area contributed by atoms with E-state index in [9.17, 15) is 0 Å². The molecule has 0 amide bonds. The number of methoxy groups -OCH3 is 1. The van der Waals surface area contributed by atoms with Crippen molar-refractivity contribution in [1.29, 1.82) is 0 Å². The predicted molar refractivity (Wildman–Crippen MR) is 86.1 cm³/mol. The maximum absolute atomic E-state index is 5.92. The Kier molecular flexibility index (Phi) is 5.50. The second-order valence-electron chi connectivity index (χ2n) is 4.28. The van der Waals surface area contributed by atoms with Gasteiger partial charge in [0.2, 0.25) is 0 Å². The average molecular weight is 286 g/mol. The van der Waals surface area contributed by atoms with Crippen LogP contribution in [-0.2, 0) is 12.3 Å². The zero-order valence-corrected chi connectivity index (χ0v) is 12.3. The van der Waals surface area contributed by atoms with Crippen molar-refractivity contribution in [3.05, 3.63) is 65.7 Å². The minimum absolute atomic E-state index is 0.608. The standard InChI is InChI=1S/C16H18N2OS/c1-19-15-9-5-8-14(10-15)12-20-16(17)18-11-13-6-3-2-4-7-13/h2-10H,11-12H2,1H3,(H2,17,18). The lowest BCUT2D eigenvalue weighted by atomic mass is 10.2. The van der Waals surface area contributed by atoms with Crippen LogP contribution in [0.2, 0.25) is 0 Å². The quantitative estimate of drug-likeness (QED) is 0.676. The van der Waals surface area contributed by atoms with Crippen molar-refractivity contribution < 1.29 is 4.74 Å². The Morgan fingerprint density at radius 3 is 2.60 bits per heavy atom. The number of aliphatic imine (C=N–C) groups is 1. The predicted octanol–water partition coefficient (Wildman–Crippen LogP) is 3.44. The molecule has 0 saturated carbocycles. The summed E-state index contributed by atoms with van der Waals surface area (Å²) in [4.78, 5) is 4.38. The summed E-state index contributed by atoms with van der Waals surface area (Å²) in [5, 5.41) is 0.608. The summed E-state index contributed by atoms with van der Waals surface area (Å²) in [5.74, 6) is 1.66. The molecular formula is C16H18N2OS. The lowest BCUT2D eigenvalue weighted by Gasteiger charge is -2.04. The Balaban J connectivity index is 1.86. The first-order chi connectivity index (χ1) is 9.78. The van der Waals surface area contributed by atoms with E-state index in [0.717, 1.165) is 17.1 Å². The van der Waals surface area contributed by atoms with Gasteiger partial charge in [-0.2, -0.15) is 0 Å². The normalized spacial score (nSPS) is 11.3. The highest BCUT2D eigenvalue weighted by molar-refractivity contribution is 8.13. The van der Waals surface area contributed by atoms with Gasteiger partial charge in [0, 0.05) is 5.75 Å². The Morgan fingerprint density at radius 1 is 1.10 bits per heavy atom. The van der Waals surface area contributed by atoms with Crippen molar-refractivity contribution >= 4 is 16.9 Å². The fourth-order valence-corrected chi connectivity index (χ4v) is 2.37. The monoisotopic (exact) mass is 286 g/mol. The van der Waals surface area contributed by atoms with Crippen LogP contribution in [0.1, 0.15) is 11.1 Å². The van der Waals surface area contributed by atoms with Gasteiger partial charge in [0.15, 0.2) is 5.17 Å². The molecule has 0 unspecified atom stereocenters. The number of nitrogens with two attached hydrogens (primary N) is 1. The summed E-state index contributed by atoms with van der Waals surface area (Å²) >= 11 is 1.54. The van der Waals surface area contributed by atoms with Gasteiger partial charge in [0.05, 0.1) is 13.7 Å². The summed E-state index contributed by atoms with van der Waals surface area (Å²) in [7, 11) is 1.67. The lowest BCUT2D eigenvalue weighted by molar-refractivity contribution is 0.414. The van der Waals surface area contributed by atoms with E-state index in [0.29, 0.717) is 11.7 Å². The molecule has 0 atom stereocenters. The largest absolute Gasteiger partial charge is 0.497 e. The molecule has 0 fully saturated rings.